The highest BCUT2D eigenvalue weighted by atomic mass is 16.5. The van der Waals surface area contributed by atoms with Gasteiger partial charge in [-0.1, -0.05) is 0 Å². The number of amides is 1. The maximum Gasteiger partial charge on any atom is 0.246 e. The maximum atomic E-state index is 12.1. The Bertz CT molecular complexity index is 998. The molecule has 1 aliphatic heterocycles. The second-order valence-electron chi connectivity index (χ2n) is 7.21. The lowest BCUT2D eigenvalue weighted by Crippen LogP contribution is -2.31. The molecule has 2 atom stereocenters. The average Bonchev–Trinajstić information content (AvgIpc) is 3.43. The van der Waals surface area contributed by atoms with Gasteiger partial charge in [0.1, 0.15) is 18.7 Å². The first-order valence-electron chi connectivity index (χ1n) is 9.98. The number of aromatic nitrogens is 4. The highest BCUT2D eigenvalue weighted by Crippen LogP contribution is 2.21. The van der Waals surface area contributed by atoms with E-state index < -0.39 is 0 Å². The number of ether oxygens (including phenoxy) is 3. The second kappa shape index (κ2) is 9.19. The molecule has 2 aromatic heterocycles. The van der Waals surface area contributed by atoms with Gasteiger partial charge in [0.2, 0.25) is 5.91 Å². The van der Waals surface area contributed by atoms with Crippen LogP contribution in [0.2, 0.25) is 0 Å². The Kier molecular flexibility index (Phi) is 6.20. The third kappa shape index (κ3) is 4.74. The number of fused-ring (bicyclic) bond motifs is 1. The highest BCUT2D eigenvalue weighted by molar-refractivity contribution is 5.77. The Morgan fingerprint density at radius 3 is 2.93 bits per heavy atom. The molecule has 1 fully saturated rings. The summed E-state index contributed by atoms with van der Waals surface area (Å²) in [6, 6.07) is 9.15. The molecule has 4 rings (SSSR count). The smallest absolute Gasteiger partial charge is 0.246 e. The van der Waals surface area contributed by atoms with E-state index in [2.05, 4.69) is 20.4 Å². The number of methoxy groups -OCH3 is 1. The van der Waals surface area contributed by atoms with Gasteiger partial charge in [-0.2, -0.15) is 0 Å². The zero-order valence-electron chi connectivity index (χ0n) is 17.1. The van der Waals surface area contributed by atoms with E-state index in [1.54, 1.807) is 18.0 Å². The van der Waals surface area contributed by atoms with Crippen molar-refractivity contribution < 1.29 is 19.0 Å². The van der Waals surface area contributed by atoms with E-state index in [-0.39, 0.29) is 24.7 Å². The van der Waals surface area contributed by atoms with Crippen LogP contribution in [0.15, 0.2) is 36.7 Å². The Morgan fingerprint density at radius 1 is 1.37 bits per heavy atom. The summed E-state index contributed by atoms with van der Waals surface area (Å²) in [5.74, 6) is 1.08. The van der Waals surface area contributed by atoms with Crippen LogP contribution in [-0.4, -0.2) is 58.5 Å². The van der Waals surface area contributed by atoms with E-state index in [9.17, 15) is 4.79 Å². The van der Waals surface area contributed by atoms with Crippen molar-refractivity contribution in [3.63, 3.8) is 0 Å². The first kappa shape index (κ1) is 20.2. The Morgan fingerprint density at radius 2 is 2.20 bits per heavy atom. The number of rotatable bonds is 8. The number of carbonyl (C=O) groups is 1. The largest absolute Gasteiger partial charge is 0.497 e. The molecule has 3 aromatic rings. The lowest BCUT2D eigenvalue weighted by molar-refractivity contribution is -0.127. The fourth-order valence-electron chi connectivity index (χ4n) is 3.32. The predicted octanol–water partition coefficient (Wildman–Crippen LogP) is 2.17. The first-order chi connectivity index (χ1) is 14.6. The summed E-state index contributed by atoms with van der Waals surface area (Å²) in [5, 5.41) is 7.28. The van der Waals surface area contributed by atoms with Gasteiger partial charge in [-0.3, -0.25) is 4.79 Å². The fourth-order valence-corrected chi connectivity index (χ4v) is 3.32. The summed E-state index contributed by atoms with van der Waals surface area (Å²) in [4.78, 5) is 21.1. The molecule has 1 unspecified atom stereocenters. The molecule has 158 valence electrons. The van der Waals surface area contributed by atoms with Gasteiger partial charge in [-0.05, 0) is 44.0 Å². The van der Waals surface area contributed by atoms with Crippen molar-refractivity contribution in [3.8, 4) is 17.0 Å². The number of nitrogens with zero attached hydrogens (tertiary/aromatic N) is 4. The Labute approximate surface area is 174 Å². The van der Waals surface area contributed by atoms with Crippen LogP contribution in [-0.2, 0) is 14.3 Å². The summed E-state index contributed by atoms with van der Waals surface area (Å²) in [6.45, 7) is 3.03. The molecule has 1 amide bonds. The molecular formula is C21H25N5O4. The third-order valence-electron chi connectivity index (χ3n) is 4.96. The van der Waals surface area contributed by atoms with Gasteiger partial charge < -0.3 is 19.5 Å². The van der Waals surface area contributed by atoms with Gasteiger partial charge in [-0.25, -0.2) is 14.5 Å². The van der Waals surface area contributed by atoms with E-state index in [0.29, 0.717) is 18.1 Å². The lowest BCUT2D eigenvalue weighted by Gasteiger charge is -2.12. The van der Waals surface area contributed by atoms with Crippen molar-refractivity contribution in [2.24, 2.45) is 0 Å². The van der Waals surface area contributed by atoms with Gasteiger partial charge in [0.25, 0.3) is 0 Å². The van der Waals surface area contributed by atoms with Crippen LogP contribution in [0.3, 0.4) is 0 Å². The highest BCUT2D eigenvalue weighted by Gasteiger charge is 2.18. The van der Waals surface area contributed by atoms with Crippen LogP contribution >= 0.6 is 0 Å². The normalized spacial score (nSPS) is 17.2. The van der Waals surface area contributed by atoms with Crippen LogP contribution in [0.25, 0.3) is 16.9 Å². The van der Waals surface area contributed by atoms with Crippen LogP contribution in [0.1, 0.15) is 31.6 Å². The minimum Gasteiger partial charge on any atom is -0.497 e. The molecule has 0 radical (unpaired) electrons. The third-order valence-corrected chi connectivity index (χ3v) is 4.96. The van der Waals surface area contributed by atoms with E-state index >= 15 is 0 Å². The average molecular weight is 411 g/mol. The minimum absolute atomic E-state index is 0.0132. The summed E-state index contributed by atoms with van der Waals surface area (Å²) >= 11 is 0. The van der Waals surface area contributed by atoms with E-state index in [1.165, 1.54) is 0 Å². The number of carbonyl (C=O) groups excluding carboxylic acids is 1. The standard InChI is InChI=1S/C21H25N5O4/c1-14(23-20(27)12-29-11-17-4-3-9-30-17)21-24-19-10-18(22-13-26(19)25-21)15-5-7-16(28-2)8-6-15/h5-8,10,13-14,17H,3-4,9,11-12H2,1-2H3,(H,23,27)/t14-,17?/m0/s1. The molecule has 0 aliphatic carbocycles. The molecular weight excluding hydrogens is 386 g/mol. The van der Waals surface area contributed by atoms with Gasteiger partial charge >= 0.3 is 0 Å². The van der Waals surface area contributed by atoms with Crippen molar-refractivity contribution >= 4 is 11.6 Å². The van der Waals surface area contributed by atoms with Gasteiger partial charge in [0.15, 0.2) is 11.5 Å². The maximum absolute atomic E-state index is 12.1. The summed E-state index contributed by atoms with van der Waals surface area (Å²) < 4.78 is 17.7. The molecule has 0 bridgehead atoms. The predicted molar refractivity (Wildman–Crippen MR) is 109 cm³/mol. The monoisotopic (exact) mass is 411 g/mol. The first-order valence-corrected chi connectivity index (χ1v) is 9.98. The molecule has 30 heavy (non-hydrogen) atoms. The van der Waals surface area contributed by atoms with Crippen molar-refractivity contribution in [2.45, 2.75) is 31.9 Å². The molecule has 0 spiro atoms. The van der Waals surface area contributed by atoms with E-state index in [0.717, 1.165) is 36.5 Å². The Hall–Kier alpha value is -3.04. The molecule has 0 saturated carbocycles. The van der Waals surface area contributed by atoms with Gasteiger partial charge in [-0.15, -0.1) is 5.10 Å². The SMILES string of the molecule is COc1ccc(-c2cc3nc([C@H](C)NC(=O)COCC4CCCO4)nn3cn2)cc1. The summed E-state index contributed by atoms with van der Waals surface area (Å²) in [7, 11) is 1.63. The topological polar surface area (TPSA) is 99.9 Å². The summed E-state index contributed by atoms with van der Waals surface area (Å²) in [5.41, 5.74) is 2.39. The van der Waals surface area contributed by atoms with E-state index in [4.69, 9.17) is 14.2 Å². The molecule has 1 aliphatic rings. The molecule has 1 saturated heterocycles. The number of benzene rings is 1. The minimum atomic E-state index is -0.354. The number of nitrogens with one attached hydrogen (secondary N) is 1. The van der Waals surface area contributed by atoms with Crippen molar-refractivity contribution in [1.29, 1.82) is 0 Å². The number of hydrogen-bond acceptors (Lipinski definition) is 7. The molecule has 1 aromatic carbocycles. The zero-order valence-corrected chi connectivity index (χ0v) is 17.1. The van der Waals surface area contributed by atoms with E-state index in [1.807, 2.05) is 37.3 Å². The van der Waals surface area contributed by atoms with Gasteiger partial charge in [0.05, 0.1) is 31.6 Å². The van der Waals surface area contributed by atoms with Gasteiger partial charge in [0, 0.05) is 18.2 Å². The lowest BCUT2D eigenvalue weighted by atomic mass is 10.1. The quantitative estimate of drug-likeness (QED) is 0.606. The second-order valence-corrected chi connectivity index (χ2v) is 7.21. The fraction of sp³-hybridized carbons (Fsp3) is 0.429. The van der Waals surface area contributed by atoms with Crippen molar-refractivity contribution in [2.75, 3.05) is 26.9 Å². The van der Waals surface area contributed by atoms with Crippen molar-refractivity contribution in [3.05, 3.63) is 42.5 Å². The Balaban J connectivity index is 1.37. The van der Waals surface area contributed by atoms with Crippen LogP contribution in [0.5, 0.6) is 5.75 Å². The number of hydrogen-bond donors (Lipinski definition) is 1. The zero-order chi connectivity index (χ0) is 20.9. The molecule has 3 heterocycles. The molecule has 9 nitrogen and oxygen atoms in total. The van der Waals surface area contributed by atoms with Crippen LogP contribution in [0, 0.1) is 0 Å². The molecule has 9 heteroatoms. The van der Waals surface area contributed by atoms with Crippen LogP contribution in [0.4, 0.5) is 0 Å². The summed E-state index contributed by atoms with van der Waals surface area (Å²) in [6.07, 6.45) is 3.74. The molecule has 1 N–H and O–H groups in total. The van der Waals surface area contributed by atoms with Crippen LogP contribution < -0.4 is 10.1 Å². The van der Waals surface area contributed by atoms with Crippen molar-refractivity contribution in [1.82, 2.24) is 24.9 Å².